The first kappa shape index (κ1) is 18.4. The first-order chi connectivity index (χ1) is 10.8. The highest BCUT2D eigenvalue weighted by Gasteiger charge is 2.47. The molecule has 1 aliphatic carbocycles. The Morgan fingerprint density at radius 1 is 1.26 bits per heavy atom. The van der Waals surface area contributed by atoms with Crippen LogP contribution in [0.2, 0.25) is 0 Å². The molecule has 130 valence electrons. The maximum Gasteiger partial charge on any atom is 0.264 e. The van der Waals surface area contributed by atoms with Crippen LogP contribution >= 0.6 is 0 Å². The van der Waals surface area contributed by atoms with E-state index in [1.807, 2.05) is 37.3 Å². The number of ether oxygens (including phenoxy) is 1. The van der Waals surface area contributed by atoms with Gasteiger partial charge in [-0.05, 0) is 37.2 Å². The first-order valence-corrected chi connectivity index (χ1v) is 9.80. The molecule has 0 amide bonds. The van der Waals surface area contributed by atoms with Crippen molar-refractivity contribution < 1.29 is 22.4 Å². The van der Waals surface area contributed by atoms with Gasteiger partial charge in [0.1, 0.15) is 0 Å². The second-order valence-corrected chi connectivity index (χ2v) is 8.24. The van der Waals surface area contributed by atoms with Crippen molar-refractivity contribution in [2.45, 2.75) is 50.9 Å². The molecule has 0 bridgehead atoms. The molecule has 2 atom stereocenters. The lowest BCUT2D eigenvalue weighted by molar-refractivity contribution is 0.0137. The Hall–Kier alpha value is -0.950. The monoisotopic (exact) mass is 342 g/mol. The van der Waals surface area contributed by atoms with Crippen molar-refractivity contribution in [1.82, 2.24) is 0 Å². The van der Waals surface area contributed by atoms with Gasteiger partial charge in [0.25, 0.3) is 10.1 Å². The normalized spacial score (nSPS) is 19.3. The molecule has 0 spiro atoms. The summed E-state index contributed by atoms with van der Waals surface area (Å²) < 4.78 is 33.3. The summed E-state index contributed by atoms with van der Waals surface area (Å²) in [6.45, 7) is 2.76. The van der Waals surface area contributed by atoms with Gasteiger partial charge >= 0.3 is 0 Å². The Balaban J connectivity index is 1.67. The minimum atomic E-state index is -3.43. The quantitative estimate of drug-likeness (QED) is 0.661. The van der Waals surface area contributed by atoms with Crippen LogP contribution in [0.4, 0.5) is 0 Å². The fourth-order valence-electron chi connectivity index (χ4n) is 2.92. The molecule has 1 N–H and O–H groups in total. The smallest absolute Gasteiger partial charge is 0.264 e. The lowest BCUT2D eigenvalue weighted by Crippen LogP contribution is -2.25. The van der Waals surface area contributed by atoms with Gasteiger partial charge in [0.15, 0.2) is 0 Å². The number of benzene rings is 1. The van der Waals surface area contributed by atoms with E-state index in [1.54, 1.807) is 0 Å². The molecule has 2 rings (SSSR count). The molecule has 1 aliphatic rings. The minimum absolute atomic E-state index is 0.176. The number of aliphatic hydroxyl groups is 1. The van der Waals surface area contributed by atoms with Crippen LogP contribution in [0.15, 0.2) is 30.3 Å². The molecule has 0 radical (unpaired) electrons. The summed E-state index contributed by atoms with van der Waals surface area (Å²) in [6.07, 6.45) is 3.29. The zero-order chi connectivity index (χ0) is 16.9. The van der Waals surface area contributed by atoms with E-state index in [9.17, 15) is 13.5 Å². The highest BCUT2D eigenvalue weighted by atomic mass is 32.2. The van der Waals surface area contributed by atoms with Gasteiger partial charge in [-0.1, -0.05) is 37.3 Å². The molecule has 1 saturated carbocycles. The van der Waals surface area contributed by atoms with Gasteiger partial charge in [0.2, 0.25) is 0 Å². The van der Waals surface area contributed by atoms with Crippen molar-refractivity contribution in [3.05, 3.63) is 35.9 Å². The molecule has 0 unspecified atom stereocenters. The third-order valence-corrected chi connectivity index (χ3v) is 4.61. The van der Waals surface area contributed by atoms with Crippen LogP contribution in [0.5, 0.6) is 0 Å². The predicted molar refractivity (Wildman–Crippen MR) is 88.4 cm³/mol. The molecule has 0 saturated heterocycles. The lowest BCUT2D eigenvalue weighted by Gasteiger charge is -2.21. The van der Waals surface area contributed by atoms with Crippen LogP contribution in [0.3, 0.4) is 0 Å². The summed E-state index contributed by atoms with van der Waals surface area (Å²) in [4.78, 5) is 0. The van der Waals surface area contributed by atoms with Crippen molar-refractivity contribution in [3.8, 4) is 0 Å². The van der Waals surface area contributed by atoms with Crippen LogP contribution in [0.25, 0.3) is 0 Å². The molecule has 0 aromatic heterocycles. The fraction of sp³-hybridized carbons (Fsp3) is 0.647. The molecule has 0 aliphatic heterocycles. The summed E-state index contributed by atoms with van der Waals surface area (Å²) in [5.74, 6) is 0.176. The minimum Gasteiger partial charge on any atom is -0.391 e. The summed E-state index contributed by atoms with van der Waals surface area (Å²) in [5.41, 5.74) is 0.545. The van der Waals surface area contributed by atoms with E-state index >= 15 is 0 Å². The number of hydrogen-bond donors (Lipinski definition) is 1. The molecule has 0 heterocycles. The Kier molecular flexibility index (Phi) is 6.19. The van der Waals surface area contributed by atoms with Crippen molar-refractivity contribution >= 4 is 10.1 Å². The summed E-state index contributed by atoms with van der Waals surface area (Å²) >= 11 is 0. The maximum absolute atomic E-state index is 11.3. The topological polar surface area (TPSA) is 72.8 Å². The van der Waals surface area contributed by atoms with Gasteiger partial charge in [0.05, 0.1) is 31.2 Å². The van der Waals surface area contributed by atoms with Gasteiger partial charge in [0, 0.05) is 0 Å². The van der Waals surface area contributed by atoms with E-state index in [4.69, 9.17) is 8.92 Å². The molecule has 5 nitrogen and oxygen atoms in total. The summed E-state index contributed by atoms with van der Waals surface area (Å²) in [5, 5.41) is 10.1. The van der Waals surface area contributed by atoms with E-state index in [0.717, 1.165) is 24.7 Å². The lowest BCUT2D eigenvalue weighted by atomic mass is 9.96. The molecule has 1 fully saturated rings. The van der Waals surface area contributed by atoms with Crippen LogP contribution in [0.1, 0.15) is 38.2 Å². The summed E-state index contributed by atoms with van der Waals surface area (Å²) in [6, 6.07) is 9.82. The third kappa shape index (κ3) is 6.99. The van der Waals surface area contributed by atoms with E-state index in [0.29, 0.717) is 19.4 Å². The van der Waals surface area contributed by atoms with Crippen LogP contribution in [-0.4, -0.2) is 38.1 Å². The molecule has 1 aromatic rings. The van der Waals surface area contributed by atoms with E-state index < -0.39 is 21.8 Å². The van der Waals surface area contributed by atoms with Gasteiger partial charge in [-0.15, -0.1) is 0 Å². The Labute approximate surface area is 138 Å². The zero-order valence-electron chi connectivity index (χ0n) is 13.8. The van der Waals surface area contributed by atoms with E-state index in [-0.39, 0.29) is 12.5 Å². The average molecular weight is 342 g/mol. The average Bonchev–Trinajstić information content (AvgIpc) is 3.16. The second kappa shape index (κ2) is 7.75. The number of aliphatic hydroxyl groups excluding tert-OH is 1. The molecular weight excluding hydrogens is 316 g/mol. The van der Waals surface area contributed by atoms with Crippen molar-refractivity contribution in [3.63, 3.8) is 0 Å². The molecule has 1 aromatic carbocycles. The fourth-order valence-corrected chi connectivity index (χ4v) is 3.80. The predicted octanol–water partition coefficient (Wildman–Crippen LogP) is 2.49. The third-order valence-electron chi connectivity index (χ3n) is 3.95. The Morgan fingerprint density at radius 2 is 1.91 bits per heavy atom. The highest BCUT2D eigenvalue weighted by molar-refractivity contribution is 7.86. The first-order valence-electron chi connectivity index (χ1n) is 7.98. The Bertz CT molecular complexity index is 580. The number of rotatable bonds is 10. The highest BCUT2D eigenvalue weighted by Crippen LogP contribution is 2.46. The standard InChI is InChI=1S/C17H26O5S/c1-14(11-17(8-9-17)22-23(2,19)20)10-16(18)13-21-12-15-6-4-3-5-7-15/h3-7,14,16,18H,8-13H2,1-2H3/t14-,16-/m1/s1. The molecule has 23 heavy (non-hydrogen) atoms. The SMILES string of the molecule is C[C@H](C[C@@H](O)COCc1ccccc1)CC1(OS(C)(=O)=O)CC1. The maximum atomic E-state index is 11.3. The zero-order valence-corrected chi connectivity index (χ0v) is 14.6. The van der Waals surface area contributed by atoms with E-state index in [1.165, 1.54) is 0 Å². The molecule has 6 heteroatoms. The largest absolute Gasteiger partial charge is 0.391 e. The van der Waals surface area contributed by atoms with Crippen molar-refractivity contribution in [2.75, 3.05) is 12.9 Å². The van der Waals surface area contributed by atoms with Gasteiger partial charge in [-0.25, -0.2) is 0 Å². The van der Waals surface area contributed by atoms with Crippen LogP contribution < -0.4 is 0 Å². The van der Waals surface area contributed by atoms with E-state index in [2.05, 4.69) is 0 Å². The van der Waals surface area contributed by atoms with Gasteiger partial charge in [-0.3, -0.25) is 4.18 Å². The van der Waals surface area contributed by atoms with Crippen LogP contribution in [-0.2, 0) is 25.6 Å². The summed E-state index contributed by atoms with van der Waals surface area (Å²) in [7, 11) is -3.43. The van der Waals surface area contributed by atoms with Gasteiger partial charge in [-0.2, -0.15) is 8.42 Å². The van der Waals surface area contributed by atoms with Gasteiger partial charge < -0.3 is 9.84 Å². The Morgan fingerprint density at radius 3 is 2.48 bits per heavy atom. The molecular formula is C17H26O5S. The second-order valence-electron chi connectivity index (χ2n) is 6.67. The van der Waals surface area contributed by atoms with Crippen molar-refractivity contribution in [1.29, 1.82) is 0 Å². The van der Waals surface area contributed by atoms with Crippen molar-refractivity contribution in [2.24, 2.45) is 5.92 Å². The number of hydrogen-bond acceptors (Lipinski definition) is 5. The van der Waals surface area contributed by atoms with Crippen LogP contribution in [0, 0.1) is 5.92 Å².